The highest BCUT2D eigenvalue weighted by molar-refractivity contribution is 6.20. The van der Waals surface area contributed by atoms with Crippen molar-refractivity contribution in [3.8, 4) is 0 Å². The zero-order valence-corrected chi connectivity index (χ0v) is 7.22. The number of halogens is 1. The lowest BCUT2D eigenvalue weighted by molar-refractivity contribution is 0.803. The molecule has 0 nitrogen and oxygen atoms in total. The summed E-state index contributed by atoms with van der Waals surface area (Å²) in [5.41, 5.74) is 1.30. The van der Waals surface area contributed by atoms with Crippen LogP contribution in [0.15, 0.2) is 30.3 Å². The topological polar surface area (TPSA) is 0 Å². The molecular weight excluding hydrogens is 156 g/mol. The zero-order chi connectivity index (χ0) is 8.81. The van der Waals surface area contributed by atoms with Crippen LogP contribution in [0.25, 0.3) is 0 Å². The molecule has 1 rings (SSSR count). The Kier molecular flexibility index (Phi) is 2.87. The van der Waals surface area contributed by atoms with Crippen molar-refractivity contribution in [2.24, 2.45) is 0 Å². The summed E-state index contributed by atoms with van der Waals surface area (Å²) in [7, 11) is 0. The number of hydrogen-bond acceptors (Lipinski definition) is 0. The molecule has 0 aromatic heterocycles. The highest BCUT2D eigenvalue weighted by Crippen LogP contribution is 2.07. The summed E-state index contributed by atoms with van der Waals surface area (Å²) in [6, 6.07) is 10.2. The van der Waals surface area contributed by atoms with Crippen molar-refractivity contribution in [1.29, 1.82) is 0 Å². The third-order valence-corrected chi connectivity index (χ3v) is 1.81. The normalized spacial score (nSPS) is 14.1. The molecule has 1 heteroatoms. The third kappa shape index (κ3) is 3.43. The van der Waals surface area contributed by atoms with E-state index in [0.717, 1.165) is 12.8 Å². The van der Waals surface area contributed by atoms with E-state index in [1.807, 2.05) is 18.2 Å². The molecule has 0 saturated heterocycles. The standard InChI is InChI=1S/C10H13Cl/c1-9(11)7-8-10-5-3-2-4-6-10/h2-6,9H,7-8H2,1H3/i1D. The molecule has 0 bridgehead atoms. The molecule has 1 unspecified atom stereocenters. The molecule has 0 aliphatic rings. The van der Waals surface area contributed by atoms with E-state index in [4.69, 9.17) is 13.0 Å². The molecule has 1 aromatic rings. The maximum absolute atomic E-state index is 7.04. The lowest BCUT2D eigenvalue weighted by atomic mass is 10.1. The molecular formula is C10H13Cl. The van der Waals surface area contributed by atoms with Crippen molar-refractivity contribution in [2.45, 2.75) is 25.1 Å². The summed E-state index contributed by atoms with van der Waals surface area (Å²) >= 11 is 5.83. The first-order valence-corrected chi connectivity index (χ1v) is 4.24. The molecule has 60 valence electrons. The van der Waals surface area contributed by atoms with E-state index < -0.39 is 0 Å². The number of benzene rings is 1. The van der Waals surface area contributed by atoms with E-state index in [1.165, 1.54) is 5.56 Å². The van der Waals surface area contributed by atoms with Crippen LogP contribution in [0.4, 0.5) is 0 Å². The minimum Gasteiger partial charge on any atom is -0.123 e. The van der Waals surface area contributed by atoms with Crippen LogP contribution in [0.5, 0.6) is 0 Å². The first-order chi connectivity index (χ1) is 5.83. The first kappa shape index (κ1) is 7.17. The molecule has 0 spiro atoms. The lowest BCUT2D eigenvalue weighted by Gasteiger charge is -2.01. The molecule has 11 heavy (non-hydrogen) atoms. The second-order valence-corrected chi connectivity index (χ2v) is 3.24. The van der Waals surface area contributed by atoms with Gasteiger partial charge in [-0.05, 0) is 25.3 Å². The third-order valence-electron chi connectivity index (χ3n) is 1.59. The fraction of sp³-hybridized carbons (Fsp3) is 0.400. The van der Waals surface area contributed by atoms with E-state index in [1.54, 1.807) is 0 Å². The van der Waals surface area contributed by atoms with E-state index in [9.17, 15) is 0 Å². The summed E-state index contributed by atoms with van der Waals surface area (Å²) in [5.74, 6) is 0. The van der Waals surface area contributed by atoms with Gasteiger partial charge in [-0.25, -0.2) is 0 Å². The molecule has 0 aliphatic heterocycles. The molecule has 0 N–H and O–H groups in total. The van der Waals surface area contributed by atoms with Crippen LogP contribution in [0.3, 0.4) is 0 Å². The second kappa shape index (κ2) is 4.40. The monoisotopic (exact) mass is 169 g/mol. The largest absolute Gasteiger partial charge is 0.123 e. The number of rotatable bonds is 3. The van der Waals surface area contributed by atoms with Crippen LogP contribution in [0.1, 0.15) is 20.3 Å². The Bertz CT molecular complexity index is 210. The van der Waals surface area contributed by atoms with Gasteiger partial charge in [0.1, 0.15) is 0 Å². The zero-order valence-electron chi connectivity index (χ0n) is 7.46. The summed E-state index contributed by atoms with van der Waals surface area (Å²) in [6.45, 7) is 0.314. The summed E-state index contributed by atoms with van der Waals surface area (Å²) in [6.07, 6.45) is 1.88. The van der Waals surface area contributed by atoms with E-state index in [2.05, 4.69) is 12.1 Å². The molecule has 1 atom stereocenters. The van der Waals surface area contributed by atoms with Crippen molar-refractivity contribution < 1.29 is 1.37 Å². The van der Waals surface area contributed by atoms with E-state index in [0.29, 0.717) is 6.90 Å². The predicted molar refractivity (Wildman–Crippen MR) is 50.1 cm³/mol. The van der Waals surface area contributed by atoms with Gasteiger partial charge < -0.3 is 0 Å². The Balaban J connectivity index is 2.33. The van der Waals surface area contributed by atoms with Gasteiger partial charge in [0.05, 0.1) is 0 Å². The highest BCUT2D eigenvalue weighted by atomic mass is 35.5. The van der Waals surface area contributed by atoms with Crippen LogP contribution in [-0.4, -0.2) is 5.38 Å². The minimum atomic E-state index is 0.00482. The van der Waals surface area contributed by atoms with Gasteiger partial charge >= 0.3 is 0 Å². The van der Waals surface area contributed by atoms with Crippen molar-refractivity contribution in [1.82, 2.24) is 0 Å². The Labute approximate surface area is 74.6 Å². The molecule has 1 aromatic carbocycles. The Morgan fingerprint density at radius 1 is 1.45 bits per heavy atom. The van der Waals surface area contributed by atoms with Crippen LogP contribution >= 0.6 is 11.6 Å². The van der Waals surface area contributed by atoms with Crippen molar-refractivity contribution in [3.63, 3.8) is 0 Å². The Morgan fingerprint density at radius 2 is 2.18 bits per heavy atom. The van der Waals surface area contributed by atoms with E-state index >= 15 is 0 Å². The average Bonchev–Trinajstić information content (AvgIpc) is 2.16. The van der Waals surface area contributed by atoms with Gasteiger partial charge in [0.15, 0.2) is 0 Å². The maximum atomic E-state index is 7.04. The van der Waals surface area contributed by atoms with Crippen LogP contribution in [0, 0.1) is 0 Å². The average molecular weight is 170 g/mol. The van der Waals surface area contributed by atoms with Gasteiger partial charge in [0, 0.05) is 6.75 Å². The quantitative estimate of drug-likeness (QED) is 0.610. The minimum absolute atomic E-state index is 0.00482. The Morgan fingerprint density at radius 3 is 2.82 bits per heavy atom. The highest BCUT2D eigenvalue weighted by Gasteiger charge is 1.96. The fourth-order valence-corrected chi connectivity index (χ4v) is 1.08. The summed E-state index contributed by atoms with van der Waals surface area (Å²) in [5, 5.41) is 0.00482. The molecule has 0 heterocycles. The Hall–Kier alpha value is -0.490. The van der Waals surface area contributed by atoms with Crippen molar-refractivity contribution >= 4 is 11.6 Å². The SMILES string of the molecule is [2H]CC(Cl)CCc1ccccc1. The van der Waals surface area contributed by atoms with Gasteiger partial charge in [-0.1, -0.05) is 30.3 Å². The fourth-order valence-electron chi connectivity index (χ4n) is 0.968. The molecule has 0 aliphatic carbocycles. The number of alkyl halides is 1. The summed E-state index contributed by atoms with van der Waals surface area (Å²) < 4.78 is 7.04. The predicted octanol–water partition coefficient (Wildman–Crippen LogP) is 3.25. The number of aryl methyl sites for hydroxylation is 1. The van der Waals surface area contributed by atoms with Crippen LogP contribution in [-0.2, 0) is 6.42 Å². The summed E-state index contributed by atoms with van der Waals surface area (Å²) in [4.78, 5) is 0. The molecule has 0 saturated carbocycles. The maximum Gasteiger partial charge on any atom is 0.0311 e. The van der Waals surface area contributed by atoms with Crippen molar-refractivity contribution in [3.05, 3.63) is 35.9 Å². The molecule has 0 fully saturated rings. The van der Waals surface area contributed by atoms with Gasteiger partial charge in [-0.2, -0.15) is 0 Å². The van der Waals surface area contributed by atoms with E-state index in [-0.39, 0.29) is 5.38 Å². The lowest BCUT2D eigenvalue weighted by Crippen LogP contribution is -1.93. The van der Waals surface area contributed by atoms with Crippen LogP contribution < -0.4 is 0 Å². The smallest absolute Gasteiger partial charge is 0.0311 e. The van der Waals surface area contributed by atoms with Crippen LogP contribution in [0.2, 0.25) is 0 Å². The first-order valence-electron chi connectivity index (χ1n) is 4.51. The van der Waals surface area contributed by atoms with Crippen molar-refractivity contribution in [2.75, 3.05) is 0 Å². The number of hydrogen-bond donors (Lipinski definition) is 0. The van der Waals surface area contributed by atoms with Gasteiger partial charge in [0.25, 0.3) is 0 Å². The van der Waals surface area contributed by atoms with Gasteiger partial charge in [0.2, 0.25) is 0 Å². The molecule has 0 amide bonds. The van der Waals surface area contributed by atoms with Gasteiger partial charge in [-0.15, -0.1) is 11.6 Å². The second-order valence-electron chi connectivity index (χ2n) is 2.62. The molecule has 0 radical (unpaired) electrons. The van der Waals surface area contributed by atoms with Gasteiger partial charge in [-0.3, -0.25) is 0 Å².